The summed E-state index contributed by atoms with van der Waals surface area (Å²) in [6.07, 6.45) is -2.92. The molecule has 10 heteroatoms. The van der Waals surface area contributed by atoms with E-state index in [0.29, 0.717) is 18.3 Å². The average Bonchev–Trinajstić information content (AvgIpc) is 3.12. The summed E-state index contributed by atoms with van der Waals surface area (Å²) in [4.78, 5) is 8.11. The zero-order valence-electron chi connectivity index (χ0n) is 17.5. The van der Waals surface area contributed by atoms with Crippen LogP contribution in [-0.2, 0) is 19.2 Å². The number of aliphatic hydroxyl groups is 1. The number of aromatic nitrogens is 2. The summed E-state index contributed by atoms with van der Waals surface area (Å²) in [5.74, 6) is 0.573. The molecule has 3 N–H and O–H groups in total. The van der Waals surface area contributed by atoms with E-state index < -0.39 is 24.0 Å². The van der Waals surface area contributed by atoms with Crippen molar-refractivity contribution >= 4 is 5.96 Å². The second kappa shape index (κ2) is 9.84. The van der Waals surface area contributed by atoms with Gasteiger partial charge in [-0.15, -0.1) is 0 Å². The molecule has 0 aliphatic carbocycles. The number of nitrogens with zero attached hydrogens (tertiary/aromatic N) is 3. The van der Waals surface area contributed by atoms with Crippen LogP contribution in [0.25, 0.3) is 0 Å². The number of hydrogen-bond acceptors (Lipinski definition) is 4. The Hall–Kier alpha value is -2.75. The lowest BCUT2D eigenvalue weighted by Crippen LogP contribution is -2.47. The lowest BCUT2D eigenvalue weighted by Gasteiger charge is -2.30. The van der Waals surface area contributed by atoms with Gasteiger partial charge in [0.05, 0.1) is 13.7 Å². The van der Waals surface area contributed by atoms with Gasteiger partial charge in [-0.1, -0.05) is 12.1 Å². The Morgan fingerprint density at radius 1 is 1.30 bits per heavy atom. The van der Waals surface area contributed by atoms with E-state index in [1.165, 1.54) is 19.4 Å². The summed E-state index contributed by atoms with van der Waals surface area (Å²) in [7, 11) is 2.98. The monoisotopic (exact) mass is 427 g/mol. The number of imidazole rings is 1. The fourth-order valence-electron chi connectivity index (χ4n) is 2.99. The summed E-state index contributed by atoms with van der Waals surface area (Å²) < 4.78 is 47.4. The molecule has 1 aromatic carbocycles. The number of aryl methyl sites for hydroxylation is 2. The minimum absolute atomic E-state index is 0.167. The van der Waals surface area contributed by atoms with Gasteiger partial charge in [-0.3, -0.25) is 0 Å². The van der Waals surface area contributed by atoms with Gasteiger partial charge in [0.15, 0.2) is 5.96 Å². The van der Waals surface area contributed by atoms with Gasteiger partial charge in [0, 0.05) is 44.5 Å². The van der Waals surface area contributed by atoms with Crippen molar-refractivity contribution in [3.05, 3.63) is 47.5 Å². The third-order valence-corrected chi connectivity index (χ3v) is 4.63. The predicted octanol–water partition coefficient (Wildman–Crippen LogP) is 2.63. The number of nitrogens with one attached hydrogen (secondary N) is 2. The Kier molecular flexibility index (Phi) is 7.71. The molecule has 7 nitrogen and oxygen atoms in total. The second-order valence-corrected chi connectivity index (χ2v) is 6.91. The van der Waals surface area contributed by atoms with E-state index in [1.54, 1.807) is 7.11 Å². The SMILES string of the molecule is CCNC(=NCc1ccc(C)cc1OC)NCCC(O)(c1nccn1C)C(F)(F)F. The number of aliphatic imine (C=N–C) groups is 1. The van der Waals surface area contributed by atoms with Crippen LogP contribution in [-0.4, -0.2) is 47.0 Å². The standard InChI is InChI=1S/C20H28F3N5O2/c1-5-24-18(27-13-15-7-6-14(2)12-16(15)30-4)26-9-8-19(29,20(21,22)23)17-25-10-11-28(17)3/h6-7,10-12,29H,5,8-9,13H2,1-4H3,(H2,24,26,27). The van der Waals surface area contributed by atoms with Crippen LogP contribution in [0.2, 0.25) is 0 Å². The van der Waals surface area contributed by atoms with E-state index in [0.717, 1.165) is 15.7 Å². The molecule has 0 bridgehead atoms. The van der Waals surface area contributed by atoms with Crippen LogP contribution in [0.4, 0.5) is 13.2 Å². The molecule has 30 heavy (non-hydrogen) atoms. The van der Waals surface area contributed by atoms with Crippen molar-refractivity contribution in [3.63, 3.8) is 0 Å². The van der Waals surface area contributed by atoms with Gasteiger partial charge in [-0.05, 0) is 25.5 Å². The molecule has 0 amide bonds. The molecule has 2 aromatic rings. The lowest BCUT2D eigenvalue weighted by molar-refractivity contribution is -0.272. The molecule has 0 saturated carbocycles. The highest BCUT2D eigenvalue weighted by Crippen LogP contribution is 2.40. The number of rotatable bonds is 8. The fraction of sp³-hybridized carbons (Fsp3) is 0.500. The van der Waals surface area contributed by atoms with Crippen molar-refractivity contribution in [2.75, 3.05) is 20.2 Å². The Labute approximate surface area is 174 Å². The predicted molar refractivity (Wildman–Crippen MR) is 108 cm³/mol. The van der Waals surface area contributed by atoms with Crippen LogP contribution < -0.4 is 15.4 Å². The smallest absolute Gasteiger partial charge is 0.424 e. The first kappa shape index (κ1) is 23.5. The van der Waals surface area contributed by atoms with Crippen molar-refractivity contribution in [1.82, 2.24) is 20.2 Å². The third kappa shape index (κ3) is 5.44. The highest BCUT2D eigenvalue weighted by atomic mass is 19.4. The van der Waals surface area contributed by atoms with Gasteiger partial charge in [0.25, 0.3) is 0 Å². The molecule has 1 aromatic heterocycles. The van der Waals surface area contributed by atoms with Gasteiger partial charge in [0.1, 0.15) is 11.6 Å². The molecular weight excluding hydrogens is 399 g/mol. The zero-order valence-corrected chi connectivity index (χ0v) is 17.5. The van der Waals surface area contributed by atoms with E-state index in [4.69, 9.17) is 4.74 Å². The van der Waals surface area contributed by atoms with Crippen LogP contribution in [0.3, 0.4) is 0 Å². The highest BCUT2D eigenvalue weighted by Gasteiger charge is 2.57. The molecule has 166 valence electrons. The largest absolute Gasteiger partial charge is 0.496 e. The number of guanidine groups is 1. The van der Waals surface area contributed by atoms with Crippen LogP contribution >= 0.6 is 0 Å². The molecule has 1 unspecified atom stereocenters. The van der Waals surface area contributed by atoms with Crippen LogP contribution in [0, 0.1) is 6.92 Å². The number of hydrogen-bond donors (Lipinski definition) is 3. The van der Waals surface area contributed by atoms with E-state index in [9.17, 15) is 18.3 Å². The van der Waals surface area contributed by atoms with Crippen molar-refractivity contribution in [1.29, 1.82) is 0 Å². The van der Waals surface area contributed by atoms with E-state index in [1.807, 2.05) is 32.0 Å². The quantitative estimate of drug-likeness (QED) is 0.446. The number of alkyl halides is 3. The Balaban J connectivity index is 2.11. The molecular formula is C20H28F3N5O2. The molecule has 0 radical (unpaired) electrons. The maximum atomic E-state index is 13.6. The number of ether oxygens (including phenoxy) is 1. The fourth-order valence-corrected chi connectivity index (χ4v) is 2.99. The number of halogens is 3. The lowest BCUT2D eigenvalue weighted by atomic mass is 9.97. The minimum atomic E-state index is -4.88. The maximum Gasteiger partial charge on any atom is 0.424 e. The molecule has 1 heterocycles. The Bertz CT molecular complexity index is 866. The summed E-state index contributed by atoms with van der Waals surface area (Å²) in [6.45, 7) is 4.44. The van der Waals surface area contributed by atoms with Gasteiger partial charge < -0.3 is 25.0 Å². The van der Waals surface area contributed by atoms with Crippen molar-refractivity contribution in [2.45, 2.75) is 38.6 Å². The van der Waals surface area contributed by atoms with Crippen molar-refractivity contribution < 1.29 is 23.0 Å². The van der Waals surface area contributed by atoms with Crippen molar-refractivity contribution in [3.8, 4) is 5.75 Å². The molecule has 0 saturated heterocycles. The third-order valence-electron chi connectivity index (χ3n) is 4.63. The van der Waals surface area contributed by atoms with Gasteiger partial charge in [-0.2, -0.15) is 13.2 Å². The van der Waals surface area contributed by atoms with E-state index in [-0.39, 0.29) is 13.1 Å². The molecule has 0 spiro atoms. The van der Waals surface area contributed by atoms with Gasteiger partial charge >= 0.3 is 6.18 Å². The summed E-state index contributed by atoms with van der Waals surface area (Å²) in [5.41, 5.74) is -1.18. The van der Waals surface area contributed by atoms with Gasteiger partial charge in [-0.25, -0.2) is 9.98 Å². The maximum absolute atomic E-state index is 13.6. The van der Waals surface area contributed by atoms with Gasteiger partial charge in [0.2, 0.25) is 5.60 Å². The van der Waals surface area contributed by atoms with Crippen molar-refractivity contribution in [2.24, 2.45) is 12.0 Å². The molecule has 1 atom stereocenters. The Morgan fingerprint density at radius 3 is 2.60 bits per heavy atom. The summed E-state index contributed by atoms with van der Waals surface area (Å²) >= 11 is 0. The van der Waals surface area contributed by atoms with E-state index in [2.05, 4.69) is 20.6 Å². The Morgan fingerprint density at radius 2 is 2.03 bits per heavy atom. The average molecular weight is 427 g/mol. The summed E-state index contributed by atoms with van der Waals surface area (Å²) in [5, 5.41) is 16.2. The first-order valence-electron chi connectivity index (χ1n) is 9.55. The molecule has 2 rings (SSSR count). The van der Waals surface area contributed by atoms with Crippen LogP contribution in [0.5, 0.6) is 5.75 Å². The molecule has 0 aliphatic rings. The van der Waals surface area contributed by atoms with E-state index >= 15 is 0 Å². The van der Waals surface area contributed by atoms with Crippen LogP contribution in [0.15, 0.2) is 35.6 Å². The first-order valence-corrected chi connectivity index (χ1v) is 9.55. The van der Waals surface area contributed by atoms with Crippen LogP contribution in [0.1, 0.15) is 30.3 Å². The molecule has 0 fully saturated rings. The highest BCUT2D eigenvalue weighted by molar-refractivity contribution is 5.79. The molecule has 0 aliphatic heterocycles. The summed E-state index contributed by atoms with van der Waals surface area (Å²) in [6, 6.07) is 5.72. The second-order valence-electron chi connectivity index (χ2n) is 6.91. The minimum Gasteiger partial charge on any atom is -0.496 e. The number of benzene rings is 1. The zero-order chi connectivity index (χ0) is 22.4. The topological polar surface area (TPSA) is 83.7 Å². The number of methoxy groups -OCH3 is 1. The first-order chi connectivity index (χ1) is 14.1. The normalized spacial score (nSPS) is 14.3.